The Morgan fingerprint density at radius 1 is 1.04 bits per heavy atom. The van der Waals surface area contributed by atoms with Gasteiger partial charge in [0.05, 0.1) is 21.5 Å². The van der Waals surface area contributed by atoms with Crippen molar-refractivity contribution in [1.82, 2.24) is 0 Å². The number of aromatic carboxylic acids is 1. The summed E-state index contributed by atoms with van der Waals surface area (Å²) in [7, 11) is -3.94. The van der Waals surface area contributed by atoms with E-state index < -0.39 is 21.9 Å². The van der Waals surface area contributed by atoms with Crippen LogP contribution in [0.1, 0.15) is 54.4 Å². The molecule has 1 fully saturated rings. The molecule has 2 aromatic rings. The third-order valence-electron chi connectivity index (χ3n) is 5.54. The Kier molecular flexibility index (Phi) is 6.52. The molecule has 0 aromatic heterocycles. The summed E-state index contributed by atoms with van der Waals surface area (Å²) in [4.78, 5) is 11.4. The van der Waals surface area contributed by atoms with Crippen molar-refractivity contribution in [2.45, 2.75) is 60.8 Å². The number of benzene rings is 2. The number of carboxylic acid groups (broad SMARTS) is 1. The van der Waals surface area contributed by atoms with Crippen LogP contribution in [-0.4, -0.2) is 30.7 Å². The summed E-state index contributed by atoms with van der Waals surface area (Å²) in [5.74, 6) is -0.970. The highest BCUT2D eigenvalue weighted by Gasteiger charge is 2.26. The maximum Gasteiger partial charge on any atom is 0.337 e. The van der Waals surface area contributed by atoms with E-state index in [0.717, 1.165) is 31.2 Å². The van der Waals surface area contributed by atoms with E-state index in [0.29, 0.717) is 18.8 Å². The van der Waals surface area contributed by atoms with Gasteiger partial charge in [0, 0.05) is 0 Å². The van der Waals surface area contributed by atoms with Crippen LogP contribution in [0.15, 0.2) is 58.3 Å². The van der Waals surface area contributed by atoms with Crippen LogP contribution in [0.4, 0.5) is 0 Å². The van der Waals surface area contributed by atoms with Crippen molar-refractivity contribution < 1.29 is 23.4 Å². The lowest BCUT2D eigenvalue weighted by atomic mass is 9.83. The zero-order chi connectivity index (χ0) is 20.1. The molecule has 2 N–H and O–H groups in total. The first-order valence-electron chi connectivity index (χ1n) is 9.74. The number of rotatable bonds is 7. The minimum absolute atomic E-state index is 0.0666. The standard InChI is InChI=1S/C22H26O5S/c23-20(17-7-3-1-4-8-17)14-12-16-11-13-19(22(24)25)21(15-16)28(26,27)18-9-5-2-6-10-18/h2,5-6,9-11,13,15,17,20,23H,1,3-4,7-8,12,14H2,(H,24,25). The van der Waals surface area contributed by atoms with Crippen molar-refractivity contribution in [3.05, 3.63) is 59.7 Å². The molecule has 6 heteroatoms. The molecule has 0 heterocycles. The zero-order valence-corrected chi connectivity index (χ0v) is 16.6. The van der Waals surface area contributed by atoms with Gasteiger partial charge in [-0.15, -0.1) is 0 Å². The molecule has 0 amide bonds. The molecule has 1 atom stereocenters. The molecule has 0 spiro atoms. The van der Waals surface area contributed by atoms with Crippen molar-refractivity contribution in [2.75, 3.05) is 0 Å². The number of hydrogen-bond donors (Lipinski definition) is 2. The number of aryl methyl sites for hydroxylation is 1. The lowest BCUT2D eigenvalue weighted by Crippen LogP contribution is -2.23. The van der Waals surface area contributed by atoms with Crippen molar-refractivity contribution in [3.63, 3.8) is 0 Å². The fourth-order valence-electron chi connectivity index (χ4n) is 3.92. The van der Waals surface area contributed by atoms with E-state index in [9.17, 15) is 23.4 Å². The predicted octanol–water partition coefficient (Wildman–Crippen LogP) is 4.09. The summed E-state index contributed by atoms with van der Waals surface area (Å²) < 4.78 is 26.0. The lowest BCUT2D eigenvalue weighted by molar-refractivity contribution is 0.0692. The lowest BCUT2D eigenvalue weighted by Gasteiger charge is -2.26. The van der Waals surface area contributed by atoms with E-state index in [4.69, 9.17) is 0 Å². The van der Waals surface area contributed by atoms with Gasteiger partial charge in [-0.25, -0.2) is 13.2 Å². The van der Waals surface area contributed by atoms with E-state index in [1.165, 1.54) is 30.7 Å². The summed E-state index contributed by atoms with van der Waals surface area (Å²) in [5, 5.41) is 19.9. The molecule has 5 nitrogen and oxygen atoms in total. The number of hydrogen-bond acceptors (Lipinski definition) is 4. The highest BCUT2D eigenvalue weighted by atomic mass is 32.2. The highest BCUT2D eigenvalue weighted by molar-refractivity contribution is 7.91. The Morgan fingerprint density at radius 3 is 2.36 bits per heavy atom. The first-order valence-corrected chi connectivity index (χ1v) is 11.2. The van der Waals surface area contributed by atoms with Crippen molar-refractivity contribution in [2.24, 2.45) is 5.92 Å². The van der Waals surface area contributed by atoms with Gasteiger partial charge in [-0.3, -0.25) is 0 Å². The molecule has 3 rings (SSSR count). The van der Waals surface area contributed by atoms with Crippen molar-refractivity contribution >= 4 is 15.8 Å². The summed E-state index contributed by atoms with van der Waals surface area (Å²) in [5.41, 5.74) is 0.481. The molecule has 2 aromatic carbocycles. The van der Waals surface area contributed by atoms with Gasteiger partial charge < -0.3 is 10.2 Å². The summed E-state index contributed by atoms with van der Waals surface area (Å²) >= 11 is 0. The van der Waals surface area contributed by atoms with Crippen LogP contribution in [0.3, 0.4) is 0 Å². The number of sulfone groups is 1. The van der Waals surface area contributed by atoms with Crippen LogP contribution in [0.2, 0.25) is 0 Å². The fraction of sp³-hybridized carbons (Fsp3) is 0.409. The van der Waals surface area contributed by atoms with E-state index in [-0.39, 0.29) is 15.4 Å². The largest absolute Gasteiger partial charge is 0.478 e. The molecule has 150 valence electrons. The molecule has 0 aliphatic heterocycles. The van der Waals surface area contributed by atoms with E-state index in [2.05, 4.69) is 0 Å². The molecule has 1 saturated carbocycles. The third-order valence-corrected chi connectivity index (χ3v) is 7.35. The molecule has 1 aliphatic rings. The zero-order valence-electron chi connectivity index (χ0n) is 15.8. The normalized spacial score (nSPS) is 16.6. The minimum Gasteiger partial charge on any atom is -0.478 e. The van der Waals surface area contributed by atoms with Gasteiger partial charge in [0.25, 0.3) is 0 Å². The van der Waals surface area contributed by atoms with Crippen LogP contribution in [0.5, 0.6) is 0 Å². The van der Waals surface area contributed by atoms with E-state index in [1.54, 1.807) is 24.3 Å². The van der Waals surface area contributed by atoms with Crippen LogP contribution in [0, 0.1) is 5.92 Å². The fourth-order valence-corrected chi connectivity index (χ4v) is 5.44. The second-order valence-corrected chi connectivity index (χ2v) is 9.37. The molecule has 0 saturated heterocycles. The Labute approximate surface area is 166 Å². The maximum absolute atomic E-state index is 13.0. The first kappa shape index (κ1) is 20.6. The first-order chi connectivity index (χ1) is 13.4. The molecular weight excluding hydrogens is 376 g/mol. The molecular formula is C22H26O5S. The molecule has 1 unspecified atom stereocenters. The summed E-state index contributed by atoms with van der Waals surface area (Å²) in [6, 6.07) is 12.3. The van der Waals surface area contributed by atoms with Gasteiger partial charge in [0.15, 0.2) is 0 Å². The summed E-state index contributed by atoms with van der Waals surface area (Å²) in [6.07, 6.45) is 6.23. The Balaban J connectivity index is 1.85. The SMILES string of the molecule is O=C(O)c1ccc(CCC(O)C2CCCCC2)cc1S(=O)(=O)c1ccccc1. The van der Waals surface area contributed by atoms with E-state index >= 15 is 0 Å². The quantitative estimate of drug-likeness (QED) is 0.728. The van der Waals surface area contributed by atoms with Crippen LogP contribution in [-0.2, 0) is 16.3 Å². The van der Waals surface area contributed by atoms with Crippen LogP contribution in [0.25, 0.3) is 0 Å². The summed E-state index contributed by atoms with van der Waals surface area (Å²) in [6.45, 7) is 0. The minimum atomic E-state index is -3.94. The van der Waals surface area contributed by atoms with Crippen LogP contribution < -0.4 is 0 Å². The Hall–Kier alpha value is -2.18. The smallest absolute Gasteiger partial charge is 0.337 e. The molecule has 0 bridgehead atoms. The van der Waals surface area contributed by atoms with Gasteiger partial charge in [0.1, 0.15) is 0 Å². The second-order valence-electron chi connectivity index (χ2n) is 7.46. The van der Waals surface area contributed by atoms with Gasteiger partial charge in [-0.2, -0.15) is 0 Å². The van der Waals surface area contributed by atoms with Gasteiger partial charge >= 0.3 is 5.97 Å². The Morgan fingerprint density at radius 2 is 1.71 bits per heavy atom. The molecule has 28 heavy (non-hydrogen) atoms. The number of carboxylic acids is 1. The Bertz CT molecular complexity index is 915. The van der Waals surface area contributed by atoms with Crippen molar-refractivity contribution in [3.8, 4) is 0 Å². The number of carbonyl (C=O) groups is 1. The van der Waals surface area contributed by atoms with E-state index in [1.807, 2.05) is 0 Å². The topological polar surface area (TPSA) is 91.7 Å². The maximum atomic E-state index is 13.0. The second kappa shape index (κ2) is 8.88. The highest BCUT2D eigenvalue weighted by Crippen LogP contribution is 2.29. The number of aliphatic hydroxyl groups is 1. The van der Waals surface area contributed by atoms with Gasteiger partial charge in [-0.1, -0.05) is 43.5 Å². The molecule has 0 radical (unpaired) electrons. The average Bonchev–Trinajstić information content (AvgIpc) is 2.73. The van der Waals surface area contributed by atoms with Gasteiger partial charge in [0.2, 0.25) is 9.84 Å². The number of aliphatic hydroxyl groups excluding tert-OH is 1. The third kappa shape index (κ3) is 4.62. The monoisotopic (exact) mass is 402 g/mol. The average molecular weight is 403 g/mol. The predicted molar refractivity (Wildman–Crippen MR) is 106 cm³/mol. The van der Waals surface area contributed by atoms with Crippen LogP contribution >= 0.6 is 0 Å². The van der Waals surface area contributed by atoms with Crippen molar-refractivity contribution in [1.29, 1.82) is 0 Å². The molecule has 1 aliphatic carbocycles. The van der Waals surface area contributed by atoms with Gasteiger partial charge in [-0.05, 0) is 61.4 Å².